The molecule has 0 aromatic rings. The van der Waals surface area contributed by atoms with Crippen molar-refractivity contribution in [3.8, 4) is 0 Å². The molecule has 0 heterocycles. The normalized spacial score (nSPS) is 11.0. The van der Waals surface area contributed by atoms with Crippen molar-refractivity contribution < 1.29 is 19.4 Å². The molecule has 0 aliphatic rings. The minimum atomic E-state index is -0.911. The number of carbonyl (C=O) groups is 2. The predicted molar refractivity (Wildman–Crippen MR) is 47.3 cm³/mol. The Morgan fingerprint density at radius 2 is 1.77 bits per heavy atom. The summed E-state index contributed by atoms with van der Waals surface area (Å²) in [6, 6.07) is 0. The van der Waals surface area contributed by atoms with Crippen LogP contribution in [0.25, 0.3) is 0 Å². The number of rotatable bonds is 5. The van der Waals surface area contributed by atoms with Gasteiger partial charge < -0.3 is 9.84 Å². The van der Waals surface area contributed by atoms with Gasteiger partial charge in [0.1, 0.15) is 12.0 Å². The van der Waals surface area contributed by atoms with Crippen LogP contribution < -0.4 is 0 Å². The van der Waals surface area contributed by atoms with Gasteiger partial charge in [-0.2, -0.15) is 0 Å². The molecule has 4 nitrogen and oxygen atoms in total. The summed E-state index contributed by atoms with van der Waals surface area (Å²) in [4.78, 5) is 21.4. The molecule has 0 fully saturated rings. The van der Waals surface area contributed by atoms with Crippen molar-refractivity contribution in [3.63, 3.8) is 0 Å². The zero-order valence-corrected chi connectivity index (χ0v) is 8.29. The van der Waals surface area contributed by atoms with E-state index in [0.29, 0.717) is 12.8 Å². The fourth-order valence-electron chi connectivity index (χ4n) is 1.06. The first kappa shape index (κ1) is 11.9. The molecule has 0 aromatic heterocycles. The van der Waals surface area contributed by atoms with Gasteiger partial charge in [-0.3, -0.25) is 9.59 Å². The Labute approximate surface area is 77.9 Å². The molecule has 76 valence electrons. The van der Waals surface area contributed by atoms with Gasteiger partial charge in [0.15, 0.2) is 0 Å². The van der Waals surface area contributed by atoms with E-state index in [9.17, 15) is 9.59 Å². The molecule has 0 aromatic carbocycles. The van der Waals surface area contributed by atoms with Gasteiger partial charge in [0.05, 0.1) is 0 Å². The topological polar surface area (TPSA) is 63.6 Å². The first-order valence-corrected chi connectivity index (χ1v) is 4.35. The van der Waals surface area contributed by atoms with Crippen LogP contribution in [0.5, 0.6) is 0 Å². The van der Waals surface area contributed by atoms with Gasteiger partial charge in [-0.25, -0.2) is 0 Å². The number of aliphatic carboxylic acids is 1. The van der Waals surface area contributed by atoms with Gasteiger partial charge in [-0.1, -0.05) is 13.8 Å². The SMILES string of the molecule is CCC(CC)(COC(C)=O)C(=O)O. The molecule has 0 radical (unpaired) electrons. The summed E-state index contributed by atoms with van der Waals surface area (Å²) in [6.07, 6.45) is 0.929. The molecular weight excluding hydrogens is 172 g/mol. The zero-order valence-electron chi connectivity index (χ0n) is 8.29. The second-order valence-corrected chi connectivity index (χ2v) is 3.07. The van der Waals surface area contributed by atoms with Crippen LogP contribution in [-0.2, 0) is 14.3 Å². The van der Waals surface area contributed by atoms with Gasteiger partial charge in [-0.15, -0.1) is 0 Å². The molecule has 0 saturated heterocycles. The Bertz CT molecular complexity index is 194. The summed E-state index contributed by atoms with van der Waals surface area (Å²) in [6.45, 7) is 4.80. The van der Waals surface area contributed by atoms with E-state index in [1.165, 1.54) is 6.92 Å². The third kappa shape index (κ3) is 3.05. The Hall–Kier alpha value is -1.06. The largest absolute Gasteiger partial charge is 0.481 e. The maximum Gasteiger partial charge on any atom is 0.313 e. The Kier molecular flexibility index (Phi) is 4.45. The monoisotopic (exact) mass is 188 g/mol. The molecule has 0 spiro atoms. The average Bonchev–Trinajstić information content (AvgIpc) is 2.06. The van der Waals surface area contributed by atoms with Crippen LogP contribution in [0.1, 0.15) is 33.6 Å². The molecule has 0 saturated carbocycles. The van der Waals surface area contributed by atoms with E-state index >= 15 is 0 Å². The minimum Gasteiger partial charge on any atom is -0.481 e. The van der Waals surface area contributed by atoms with Crippen LogP contribution in [0.4, 0.5) is 0 Å². The van der Waals surface area contributed by atoms with Gasteiger partial charge >= 0.3 is 11.9 Å². The predicted octanol–water partition coefficient (Wildman–Crippen LogP) is 1.44. The van der Waals surface area contributed by atoms with Crippen LogP contribution >= 0.6 is 0 Å². The van der Waals surface area contributed by atoms with Crippen molar-refractivity contribution >= 4 is 11.9 Å². The highest BCUT2D eigenvalue weighted by Crippen LogP contribution is 2.26. The molecule has 4 heteroatoms. The van der Waals surface area contributed by atoms with Crippen molar-refractivity contribution in [1.82, 2.24) is 0 Å². The number of ether oxygens (including phenoxy) is 1. The average molecular weight is 188 g/mol. The Morgan fingerprint density at radius 1 is 1.31 bits per heavy atom. The number of carbonyl (C=O) groups excluding carboxylic acids is 1. The molecule has 0 amide bonds. The smallest absolute Gasteiger partial charge is 0.313 e. The molecule has 0 atom stereocenters. The minimum absolute atomic E-state index is 0.0370. The summed E-state index contributed by atoms with van der Waals surface area (Å²) >= 11 is 0. The van der Waals surface area contributed by atoms with Gasteiger partial charge in [0, 0.05) is 6.92 Å². The lowest BCUT2D eigenvalue weighted by Gasteiger charge is -2.25. The molecule has 1 N–H and O–H groups in total. The maximum atomic E-state index is 10.9. The summed E-state index contributed by atoms with van der Waals surface area (Å²) in [5.41, 5.74) is -0.911. The van der Waals surface area contributed by atoms with E-state index in [1.807, 2.05) is 0 Å². The highest BCUT2D eigenvalue weighted by molar-refractivity contribution is 5.75. The van der Waals surface area contributed by atoms with Crippen LogP contribution in [0.15, 0.2) is 0 Å². The van der Waals surface area contributed by atoms with E-state index < -0.39 is 17.4 Å². The number of esters is 1. The van der Waals surface area contributed by atoms with Crippen molar-refractivity contribution in [2.75, 3.05) is 6.61 Å². The first-order valence-electron chi connectivity index (χ1n) is 4.35. The molecule has 13 heavy (non-hydrogen) atoms. The summed E-state index contributed by atoms with van der Waals surface area (Å²) in [7, 11) is 0. The molecule has 0 bridgehead atoms. The van der Waals surface area contributed by atoms with Crippen LogP contribution in [0, 0.1) is 5.41 Å². The second-order valence-electron chi connectivity index (χ2n) is 3.07. The van der Waals surface area contributed by atoms with Gasteiger partial charge in [-0.05, 0) is 12.8 Å². The Morgan fingerprint density at radius 3 is 2.00 bits per heavy atom. The van der Waals surface area contributed by atoms with E-state index in [1.54, 1.807) is 13.8 Å². The molecule has 0 aliphatic carbocycles. The molecule has 0 unspecified atom stereocenters. The fraction of sp³-hybridized carbons (Fsp3) is 0.778. The third-order valence-corrected chi connectivity index (χ3v) is 2.36. The molecule has 0 aliphatic heterocycles. The van der Waals surface area contributed by atoms with Crippen LogP contribution in [0.2, 0.25) is 0 Å². The van der Waals surface area contributed by atoms with Gasteiger partial charge in [0.25, 0.3) is 0 Å². The molecular formula is C9H16O4. The summed E-state index contributed by atoms with van der Waals surface area (Å²) in [5.74, 6) is -1.34. The third-order valence-electron chi connectivity index (χ3n) is 2.36. The van der Waals surface area contributed by atoms with E-state index in [-0.39, 0.29) is 6.61 Å². The van der Waals surface area contributed by atoms with Gasteiger partial charge in [0.2, 0.25) is 0 Å². The molecule has 0 rings (SSSR count). The first-order chi connectivity index (χ1) is 5.98. The summed E-state index contributed by atoms with van der Waals surface area (Å²) in [5, 5.41) is 8.95. The maximum absolute atomic E-state index is 10.9. The quantitative estimate of drug-likeness (QED) is 0.663. The van der Waals surface area contributed by atoms with Crippen molar-refractivity contribution in [2.45, 2.75) is 33.6 Å². The second kappa shape index (κ2) is 4.84. The fourth-order valence-corrected chi connectivity index (χ4v) is 1.06. The number of hydrogen-bond donors (Lipinski definition) is 1. The zero-order chi connectivity index (χ0) is 10.5. The number of carboxylic acids is 1. The van der Waals surface area contributed by atoms with Crippen LogP contribution in [-0.4, -0.2) is 23.7 Å². The standard InChI is InChI=1S/C9H16O4/c1-4-9(5-2,8(11)12)6-13-7(3)10/h4-6H2,1-3H3,(H,11,12). The lowest BCUT2D eigenvalue weighted by molar-refractivity contribution is -0.158. The lowest BCUT2D eigenvalue weighted by Crippen LogP contribution is -2.35. The summed E-state index contributed by atoms with van der Waals surface area (Å²) < 4.78 is 4.73. The van der Waals surface area contributed by atoms with E-state index in [0.717, 1.165) is 0 Å². The lowest BCUT2D eigenvalue weighted by atomic mass is 9.83. The van der Waals surface area contributed by atoms with Crippen LogP contribution in [0.3, 0.4) is 0 Å². The highest BCUT2D eigenvalue weighted by Gasteiger charge is 2.36. The van der Waals surface area contributed by atoms with Crippen molar-refractivity contribution in [3.05, 3.63) is 0 Å². The van der Waals surface area contributed by atoms with E-state index in [4.69, 9.17) is 9.84 Å². The number of carboxylic acid groups (broad SMARTS) is 1. The number of hydrogen-bond acceptors (Lipinski definition) is 3. The highest BCUT2D eigenvalue weighted by atomic mass is 16.5. The van der Waals surface area contributed by atoms with Crippen molar-refractivity contribution in [1.29, 1.82) is 0 Å². The van der Waals surface area contributed by atoms with E-state index in [2.05, 4.69) is 0 Å². The van der Waals surface area contributed by atoms with Crippen molar-refractivity contribution in [2.24, 2.45) is 5.41 Å². The Balaban J connectivity index is 4.39.